The molecule has 1 amide bonds. The third-order valence-corrected chi connectivity index (χ3v) is 2.75. The Morgan fingerprint density at radius 1 is 1.50 bits per heavy atom. The van der Waals surface area contributed by atoms with Crippen molar-refractivity contribution >= 4 is 6.09 Å². The number of rotatable bonds is 1. The van der Waals surface area contributed by atoms with Gasteiger partial charge in [-0.15, -0.1) is 0 Å². The molecule has 4 heteroatoms. The third-order valence-electron chi connectivity index (χ3n) is 2.75. The molecular weight excluding hydrogens is 180 g/mol. The molecule has 0 unspecified atom stereocenters. The Labute approximate surface area is 85.3 Å². The Balaban J connectivity index is 2.93. The fraction of sp³-hybridized carbons (Fsp3) is 0.900. The van der Waals surface area contributed by atoms with E-state index in [0.717, 1.165) is 19.5 Å². The van der Waals surface area contributed by atoms with Crippen molar-refractivity contribution in [3.63, 3.8) is 0 Å². The SMILES string of the molecule is CC(C)(C)N(C(=O)O)[C@@]1(C)CCNC1. The molecule has 0 bridgehead atoms. The normalized spacial score (nSPS) is 27.7. The number of nitrogens with one attached hydrogen (secondary N) is 1. The molecule has 1 atom stereocenters. The molecule has 0 aromatic rings. The lowest BCUT2D eigenvalue weighted by molar-refractivity contribution is 0.0338. The van der Waals surface area contributed by atoms with E-state index in [1.807, 2.05) is 27.7 Å². The number of hydrogen-bond donors (Lipinski definition) is 2. The molecule has 1 fully saturated rings. The van der Waals surface area contributed by atoms with Crippen LogP contribution < -0.4 is 5.32 Å². The highest BCUT2D eigenvalue weighted by molar-refractivity contribution is 5.67. The zero-order chi connectivity index (χ0) is 11.0. The minimum absolute atomic E-state index is 0.260. The van der Waals surface area contributed by atoms with Gasteiger partial charge in [0.25, 0.3) is 0 Å². The number of hydrogen-bond acceptors (Lipinski definition) is 2. The van der Waals surface area contributed by atoms with Crippen LogP contribution in [0.15, 0.2) is 0 Å². The lowest BCUT2D eigenvalue weighted by Gasteiger charge is -2.44. The van der Waals surface area contributed by atoms with E-state index in [4.69, 9.17) is 0 Å². The molecule has 0 radical (unpaired) electrons. The van der Waals surface area contributed by atoms with Crippen molar-refractivity contribution in [1.82, 2.24) is 10.2 Å². The summed E-state index contributed by atoms with van der Waals surface area (Å²) in [6.45, 7) is 9.46. The van der Waals surface area contributed by atoms with E-state index in [1.165, 1.54) is 0 Å². The number of carbonyl (C=O) groups is 1. The Hall–Kier alpha value is -0.770. The lowest BCUT2D eigenvalue weighted by atomic mass is 9.92. The van der Waals surface area contributed by atoms with Crippen LogP contribution in [-0.4, -0.2) is 40.3 Å². The average Bonchev–Trinajstić information content (AvgIpc) is 2.31. The Kier molecular flexibility index (Phi) is 2.76. The van der Waals surface area contributed by atoms with Gasteiger partial charge in [-0.1, -0.05) is 0 Å². The zero-order valence-corrected chi connectivity index (χ0v) is 9.42. The highest BCUT2D eigenvalue weighted by Gasteiger charge is 2.43. The van der Waals surface area contributed by atoms with Gasteiger partial charge in [-0.25, -0.2) is 4.79 Å². The van der Waals surface area contributed by atoms with Crippen molar-refractivity contribution in [1.29, 1.82) is 0 Å². The van der Waals surface area contributed by atoms with Crippen LogP contribution in [0.2, 0.25) is 0 Å². The molecule has 0 spiro atoms. The van der Waals surface area contributed by atoms with E-state index in [-0.39, 0.29) is 11.1 Å². The fourth-order valence-electron chi connectivity index (χ4n) is 2.32. The highest BCUT2D eigenvalue weighted by Crippen LogP contribution is 2.29. The van der Waals surface area contributed by atoms with Gasteiger partial charge in [-0.2, -0.15) is 0 Å². The van der Waals surface area contributed by atoms with Gasteiger partial charge in [0.15, 0.2) is 0 Å². The molecule has 0 aromatic heterocycles. The Morgan fingerprint density at radius 2 is 2.07 bits per heavy atom. The maximum Gasteiger partial charge on any atom is 0.408 e. The average molecular weight is 200 g/mol. The molecule has 1 saturated heterocycles. The molecular formula is C10H20N2O2. The second-order valence-electron chi connectivity index (χ2n) is 5.21. The monoisotopic (exact) mass is 200 g/mol. The van der Waals surface area contributed by atoms with Gasteiger partial charge in [0.2, 0.25) is 0 Å². The Morgan fingerprint density at radius 3 is 2.36 bits per heavy atom. The van der Waals surface area contributed by atoms with Crippen molar-refractivity contribution in [3.05, 3.63) is 0 Å². The molecule has 82 valence electrons. The number of amides is 1. The first-order chi connectivity index (χ1) is 6.27. The van der Waals surface area contributed by atoms with Gasteiger partial charge in [0.05, 0.1) is 5.54 Å². The van der Waals surface area contributed by atoms with Crippen LogP contribution in [0.1, 0.15) is 34.1 Å². The summed E-state index contributed by atoms with van der Waals surface area (Å²) in [6.07, 6.45) is 0.0556. The minimum Gasteiger partial charge on any atom is -0.465 e. The first-order valence-corrected chi connectivity index (χ1v) is 5.01. The van der Waals surface area contributed by atoms with E-state index >= 15 is 0 Å². The van der Waals surface area contributed by atoms with Crippen LogP contribution in [0.4, 0.5) is 4.79 Å². The van der Waals surface area contributed by atoms with Gasteiger partial charge in [0.1, 0.15) is 0 Å². The van der Waals surface area contributed by atoms with Gasteiger partial charge >= 0.3 is 6.09 Å². The van der Waals surface area contributed by atoms with Crippen molar-refractivity contribution in [3.8, 4) is 0 Å². The molecule has 14 heavy (non-hydrogen) atoms. The van der Waals surface area contributed by atoms with Gasteiger partial charge < -0.3 is 10.4 Å². The summed E-state index contributed by atoms with van der Waals surface area (Å²) in [5.74, 6) is 0. The first kappa shape index (κ1) is 11.3. The summed E-state index contributed by atoms with van der Waals surface area (Å²) < 4.78 is 0. The van der Waals surface area contributed by atoms with Gasteiger partial charge in [0, 0.05) is 12.1 Å². The van der Waals surface area contributed by atoms with Crippen molar-refractivity contribution in [2.75, 3.05) is 13.1 Å². The molecule has 0 aromatic carbocycles. The first-order valence-electron chi connectivity index (χ1n) is 5.01. The summed E-state index contributed by atoms with van der Waals surface area (Å²) >= 11 is 0. The second-order valence-corrected chi connectivity index (χ2v) is 5.21. The summed E-state index contributed by atoms with van der Waals surface area (Å²) in [5, 5.41) is 12.4. The maximum atomic E-state index is 11.2. The topological polar surface area (TPSA) is 52.6 Å². The minimum atomic E-state index is -0.830. The van der Waals surface area contributed by atoms with Gasteiger partial charge in [-0.3, -0.25) is 4.90 Å². The van der Waals surface area contributed by atoms with Crippen LogP contribution in [0, 0.1) is 0 Å². The molecule has 4 nitrogen and oxygen atoms in total. The third kappa shape index (κ3) is 2.00. The Bertz CT molecular complexity index is 227. The van der Waals surface area contributed by atoms with Crippen molar-refractivity contribution in [2.24, 2.45) is 0 Å². The van der Waals surface area contributed by atoms with E-state index < -0.39 is 6.09 Å². The number of nitrogens with zero attached hydrogens (tertiary/aromatic N) is 1. The molecule has 1 heterocycles. The van der Waals surface area contributed by atoms with Crippen LogP contribution in [0.25, 0.3) is 0 Å². The molecule has 0 saturated carbocycles. The maximum absolute atomic E-state index is 11.2. The summed E-state index contributed by atoms with van der Waals surface area (Å²) in [6, 6.07) is 0. The van der Waals surface area contributed by atoms with Crippen LogP contribution >= 0.6 is 0 Å². The van der Waals surface area contributed by atoms with Crippen LogP contribution in [-0.2, 0) is 0 Å². The van der Waals surface area contributed by atoms with Crippen molar-refractivity contribution < 1.29 is 9.90 Å². The zero-order valence-electron chi connectivity index (χ0n) is 9.42. The standard InChI is InChI=1S/C10H20N2O2/c1-9(2,3)12(8(13)14)10(4)5-6-11-7-10/h11H,5-7H2,1-4H3,(H,13,14)/t10-/m0/s1. The summed E-state index contributed by atoms with van der Waals surface area (Å²) in [4.78, 5) is 12.8. The van der Waals surface area contributed by atoms with Crippen molar-refractivity contribution in [2.45, 2.75) is 45.2 Å². The molecule has 0 aliphatic carbocycles. The van der Waals surface area contributed by atoms with E-state index in [1.54, 1.807) is 4.90 Å². The fourth-order valence-corrected chi connectivity index (χ4v) is 2.32. The predicted molar refractivity (Wildman–Crippen MR) is 55.5 cm³/mol. The van der Waals surface area contributed by atoms with Crippen LogP contribution in [0.5, 0.6) is 0 Å². The highest BCUT2D eigenvalue weighted by atomic mass is 16.4. The van der Waals surface area contributed by atoms with E-state index in [2.05, 4.69) is 5.32 Å². The largest absolute Gasteiger partial charge is 0.465 e. The second kappa shape index (κ2) is 3.42. The van der Waals surface area contributed by atoms with Crippen LogP contribution in [0.3, 0.4) is 0 Å². The molecule has 2 N–H and O–H groups in total. The molecule has 1 aliphatic rings. The summed E-state index contributed by atoms with van der Waals surface area (Å²) in [7, 11) is 0. The smallest absolute Gasteiger partial charge is 0.408 e. The molecule has 1 aliphatic heterocycles. The predicted octanol–water partition coefficient (Wildman–Crippen LogP) is 1.52. The lowest BCUT2D eigenvalue weighted by Crippen LogP contribution is -2.59. The van der Waals surface area contributed by atoms with E-state index in [0.29, 0.717) is 0 Å². The summed E-state index contributed by atoms with van der Waals surface area (Å²) in [5.41, 5.74) is -0.601. The molecule has 1 rings (SSSR count). The van der Waals surface area contributed by atoms with Gasteiger partial charge in [-0.05, 0) is 40.7 Å². The van der Waals surface area contributed by atoms with E-state index in [9.17, 15) is 9.90 Å². The number of carboxylic acid groups (broad SMARTS) is 1. The quantitative estimate of drug-likeness (QED) is 0.674.